The van der Waals surface area contributed by atoms with E-state index >= 15 is 0 Å². The highest BCUT2D eigenvalue weighted by Gasteiger charge is 2.22. The van der Waals surface area contributed by atoms with Crippen LogP contribution in [0.2, 0.25) is 0 Å². The summed E-state index contributed by atoms with van der Waals surface area (Å²) in [5, 5.41) is 2.86. The first-order valence-electron chi connectivity index (χ1n) is 5.46. The van der Waals surface area contributed by atoms with Gasteiger partial charge in [-0.25, -0.2) is 0 Å². The van der Waals surface area contributed by atoms with Crippen LogP contribution < -0.4 is 11.1 Å². The molecule has 3 nitrogen and oxygen atoms in total. The lowest BCUT2D eigenvalue weighted by Gasteiger charge is -2.21. The molecule has 0 heterocycles. The van der Waals surface area contributed by atoms with E-state index in [1.165, 1.54) is 0 Å². The van der Waals surface area contributed by atoms with Crippen LogP contribution in [0.25, 0.3) is 0 Å². The minimum Gasteiger partial charge on any atom is -0.355 e. The highest BCUT2D eigenvalue weighted by molar-refractivity contribution is 5.78. The molecule has 0 aromatic heterocycles. The fourth-order valence-corrected chi connectivity index (χ4v) is 1.52. The van der Waals surface area contributed by atoms with Crippen molar-refractivity contribution in [2.45, 2.75) is 34.1 Å². The predicted molar refractivity (Wildman–Crippen MR) is 59.8 cm³/mol. The number of hydrogen-bond acceptors (Lipinski definition) is 2. The zero-order valence-corrected chi connectivity index (χ0v) is 9.84. The van der Waals surface area contributed by atoms with Crippen molar-refractivity contribution in [3.8, 4) is 0 Å². The Morgan fingerprint density at radius 2 is 1.86 bits per heavy atom. The maximum atomic E-state index is 11.7. The Bertz CT molecular complexity index is 167. The average Bonchev–Trinajstić information content (AvgIpc) is 2.09. The van der Waals surface area contributed by atoms with Crippen LogP contribution in [0.5, 0.6) is 0 Å². The Kier molecular flexibility index (Phi) is 6.54. The van der Waals surface area contributed by atoms with E-state index in [2.05, 4.69) is 33.0 Å². The minimum atomic E-state index is 0.126. The Morgan fingerprint density at radius 3 is 2.21 bits per heavy atom. The molecule has 14 heavy (non-hydrogen) atoms. The molecule has 0 saturated heterocycles. The number of rotatable bonds is 6. The van der Waals surface area contributed by atoms with Crippen LogP contribution in [-0.4, -0.2) is 19.0 Å². The fraction of sp³-hybridized carbons (Fsp3) is 0.909. The van der Waals surface area contributed by atoms with Crippen LogP contribution in [0.1, 0.15) is 34.1 Å². The molecule has 0 aliphatic carbocycles. The fourth-order valence-electron chi connectivity index (χ4n) is 1.52. The third kappa shape index (κ3) is 5.22. The molecule has 1 atom stereocenters. The van der Waals surface area contributed by atoms with Gasteiger partial charge in [0.1, 0.15) is 0 Å². The van der Waals surface area contributed by atoms with Gasteiger partial charge in [-0.05, 0) is 18.3 Å². The molecule has 0 aliphatic rings. The standard InChI is InChI=1S/C11H24N2O/c1-8(2)7-10(9(3)4)11(14)13-6-5-12/h8-10H,5-7,12H2,1-4H3,(H,13,14). The van der Waals surface area contributed by atoms with Gasteiger partial charge in [0.2, 0.25) is 5.91 Å². The minimum absolute atomic E-state index is 0.126. The summed E-state index contributed by atoms with van der Waals surface area (Å²) in [6, 6.07) is 0. The summed E-state index contributed by atoms with van der Waals surface area (Å²) in [5.41, 5.74) is 5.34. The van der Waals surface area contributed by atoms with Gasteiger partial charge < -0.3 is 11.1 Å². The molecule has 3 N–H and O–H groups in total. The van der Waals surface area contributed by atoms with Gasteiger partial charge in [0.05, 0.1) is 0 Å². The molecule has 0 bridgehead atoms. The maximum absolute atomic E-state index is 11.7. The van der Waals surface area contributed by atoms with E-state index in [1.807, 2.05) is 0 Å². The number of nitrogens with one attached hydrogen (secondary N) is 1. The summed E-state index contributed by atoms with van der Waals surface area (Å²) >= 11 is 0. The summed E-state index contributed by atoms with van der Waals surface area (Å²) in [6.45, 7) is 9.57. The van der Waals surface area contributed by atoms with E-state index < -0.39 is 0 Å². The summed E-state index contributed by atoms with van der Waals surface area (Å²) in [5.74, 6) is 1.24. The zero-order chi connectivity index (χ0) is 11.1. The molecule has 0 rings (SSSR count). The van der Waals surface area contributed by atoms with Crippen LogP contribution in [0.3, 0.4) is 0 Å². The van der Waals surface area contributed by atoms with Crippen LogP contribution in [0.15, 0.2) is 0 Å². The van der Waals surface area contributed by atoms with E-state index in [4.69, 9.17) is 5.73 Å². The molecule has 1 unspecified atom stereocenters. The van der Waals surface area contributed by atoms with E-state index in [9.17, 15) is 4.79 Å². The van der Waals surface area contributed by atoms with E-state index in [0.29, 0.717) is 24.9 Å². The highest BCUT2D eigenvalue weighted by atomic mass is 16.1. The third-order valence-electron chi connectivity index (χ3n) is 2.31. The molecule has 0 aliphatic heterocycles. The van der Waals surface area contributed by atoms with Gasteiger partial charge in [-0.3, -0.25) is 4.79 Å². The molecule has 1 amide bonds. The second kappa shape index (κ2) is 6.82. The van der Waals surface area contributed by atoms with Gasteiger partial charge in [-0.2, -0.15) is 0 Å². The molecule has 0 aromatic rings. The second-order valence-corrected chi connectivity index (χ2v) is 4.56. The lowest BCUT2D eigenvalue weighted by molar-refractivity contribution is -0.126. The molecule has 0 radical (unpaired) electrons. The van der Waals surface area contributed by atoms with E-state index in [0.717, 1.165) is 6.42 Å². The molecule has 3 heteroatoms. The largest absolute Gasteiger partial charge is 0.355 e. The van der Waals surface area contributed by atoms with Gasteiger partial charge in [0, 0.05) is 19.0 Å². The monoisotopic (exact) mass is 200 g/mol. The molecule has 0 saturated carbocycles. The van der Waals surface area contributed by atoms with Gasteiger partial charge in [0.15, 0.2) is 0 Å². The Morgan fingerprint density at radius 1 is 1.29 bits per heavy atom. The third-order valence-corrected chi connectivity index (χ3v) is 2.31. The van der Waals surface area contributed by atoms with Crippen molar-refractivity contribution < 1.29 is 4.79 Å². The van der Waals surface area contributed by atoms with Crippen molar-refractivity contribution in [1.82, 2.24) is 5.32 Å². The predicted octanol–water partition coefficient (Wildman–Crippen LogP) is 1.38. The van der Waals surface area contributed by atoms with Gasteiger partial charge >= 0.3 is 0 Å². The van der Waals surface area contributed by atoms with Crippen molar-refractivity contribution in [3.63, 3.8) is 0 Å². The quantitative estimate of drug-likeness (QED) is 0.680. The van der Waals surface area contributed by atoms with Crippen LogP contribution in [0, 0.1) is 17.8 Å². The lowest BCUT2D eigenvalue weighted by Crippen LogP contribution is -2.37. The lowest BCUT2D eigenvalue weighted by atomic mass is 9.87. The topological polar surface area (TPSA) is 55.1 Å². The number of carbonyl (C=O) groups is 1. The van der Waals surface area contributed by atoms with Crippen LogP contribution in [-0.2, 0) is 4.79 Å². The second-order valence-electron chi connectivity index (χ2n) is 4.56. The first kappa shape index (κ1) is 13.4. The first-order chi connectivity index (χ1) is 6.49. The molecule has 0 aromatic carbocycles. The zero-order valence-electron chi connectivity index (χ0n) is 9.84. The van der Waals surface area contributed by atoms with Crippen molar-refractivity contribution in [1.29, 1.82) is 0 Å². The summed E-state index contributed by atoms with van der Waals surface area (Å²) < 4.78 is 0. The smallest absolute Gasteiger partial charge is 0.223 e. The number of nitrogens with two attached hydrogens (primary N) is 1. The normalized spacial score (nSPS) is 13.4. The number of amides is 1. The Labute approximate surface area is 87.4 Å². The summed E-state index contributed by atoms with van der Waals surface area (Å²) in [4.78, 5) is 11.7. The number of carbonyl (C=O) groups excluding carboxylic acids is 1. The van der Waals surface area contributed by atoms with Crippen molar-refractivity contribution in [2.24, 2.45) is 23.5 Å². The van der Waals surface area contributed by atoms with Crippen molar-refractivity contribution in [2.75, 3.05) is 13.1 Å². The van der Waals surface area contributed by atoms with Gasteiger partial charge in [0.25, 0.3) is 0 Å². The van der Waals surface area contributed by atoms with Crippen LogP contribution in [0.4, 0.5) is 0 Å². The molecular weight excluding hydrogens is 176 g/mol. The molecule has 84 valence electrons. The van der Waals surface area contributed by atoms with Gasteiger partial charge in [-0.1, -0.05) is 27.7 Å². The van der Waals surface area contributed by atoms with Crippen molar-refractivity contribution in [3.05, 3.63) is 0 Å². The molecule has 0 fully saturated rings. The summed E-state index contributed by atoms with van der Waals surface area (Å²) in [7, 11) is 0. The maximum Gasteiger partial charge on any atom is 0.223 e. The SMILES string of the molecule is CC(C)CC(C(=O)NCCN)C(C)C. The molecular formula is C11H24N2O. The first-order valence-corrected chi connectivity index (χ1v) is 5.46. The summed E-state index contributed by atoms with van der Waals surface area (Å²) in [6.07, 6.45) is 0.952. The Hall–Kier alpha value is -0.570. The van der Waals surface area contributed by atoms with E-state index in [-0.39, 0.29) is 11.8 Å². The Balaban J connectivity index is 4.12. The average molecular weight is 200 g/mol. The number of hydrogen-bond donors (Lipinski definition) is 2. The van der Waals surface area contributed by atoms with Crippen molar-refractivity contribution >= 4 is 5.91 Å². The van der Waals surface area contributed by atoms with E-state index in [1.54, 1.807) is 0 Å². The molecule has 0 spiro atoms. The highest BCUT2D eigenvalue weighted by Crippen LogP contribution is 2.20. The van der Waals surface area contributed by atoms with Gasteiger partial charge in [-0.15, -0.1) is 0 Å². The van der Waals surface area contributed by atoms with Crippen LogP contribution >= 0.6 is 0 Å².